The van der Waals surface area contributed by atoms with Crippen LogP contribution in [0.1, 0.15) is 24.8 Å². The summed E-state index contributed by atoms with van der Waals surface area (Å²) in [4.78, 5) is 35.5. The molecule has 1 aromatic rings. The van der Waals surface area contributed by atoms with Crippen LogP contribution in [0.3, 0.4) is 0 Å². The second-order valence-electron chi connectivity index (χ2n) is 6.48. The number of non-ortho nitro benzene ring substituents is 1. The average Bonchev–Trinajstić information content (AvgIpc) is 2.66. The molecule has 10 heteroatoms. The van der Waals surface area contributed by atoms with Gasteiger partial charge in [0.25, 0.3) is 5.69 Å². The summed E-state index contributed by atoms with van der Waals surface area (Å²) in [6.07, 6.45) is 1.37. The third kappa shape index (κ3) is 5.75. The number of piperidine rings is 1. The number of benzene rings is 1. The first kappa shape index (κ1) is 20.8. The van der Waals surface area contributed by atoms with Crippen molar-refractivity contribution in [1.82, 2.24) is 10.2 Å². The fourth-order valence-corrected chi connectivity index (χ4v) is 4.71. The number of carbonyl (C=O) groups excluding carboxylic acids is 2. The molecule has 1 fully saturated rings. The van der Waals surface area contributed by atoms with E-state index in [4.69, 9.17) is 0 Å². The minimum atomic E-state index is -3.52. The van der Waals surface area contributed by atoms with Gasteiger partial charge in [0.05, 0.1) is 10.2 Å². The van der Waals surface area contributed by atoms with E-state index < -0.39 is 31.7 Å². The van der Waals surface area contributed by atoms with Crippen LogP contribution in [-0.2, 0) is 25.8 Å². The van der Waals surface area contributed by atoms with Crippen LogP contribution in [0, 0.1) is 10.1 Å². The molecule has 0 atom stereocenters. The van der Waals surface area contributed by atoms with E-state index in [1.54, 1.807) is 17.0 Å². The first-order valence-electron chi connectivity index (χ1n) is 8.66. The number of rotatable bonds is 7. The summed E-state index contributed by atoms with van der Waals surface area (Å²) in [6.45, 7) is 0.688. The first-order valence-corrected chi connectivity index (χ1v) is 10.4. The number of nitro benzene ring substituents is 1. The second-order valence-corrected chi connectivity index (χ2v) is 8.77. The summed E-state index contributed by atoms with van der Waals surface area (Å²) in [6, 6.07) is 6.07. The highest BCUT2D eigenvalue weighted by atomic mass is 32.2. The van der Waals surface area contributed by atoms with Crippen LogP contribution in [-0.4, -0.2) is 61.2 Å². The molecule has 0 unspecified atom stereocenters. The van der Waals surface area contributed by atoms with Gasteiger partial charge in [0.2, 0.25) is 11.8 Å². The fourth-order valence-electron chi connectivity index (χ4n) is 3.03. The Morgan fingerprint density at radius 2 is 1.81 bits per heavy atom. The summed E-state index contributed by atoms with van der Waals surface area (Å²) in [5, 5.41) is 12.3. The largest absolute Gasteiger partial charge is 0.358 e. The van der Waals surface area contributed by atoms with Gasteiger partial charge in [0.15, 0.2) is 9.84 Å². The van der Waals surface area contributed by atoms with Crippen LogP contribution in [0.2, 0.25) is 0 Å². The summed E-state index contributed by atoms with van der Waals surface area (Å²) < 4.78 is 24.4. The van der Waals surface area contributed by atoms with Gasteiger partial charge in [-0.3, -0.25) is 19.7 Å². The third-order valence-electron chi connectivity index (χ3n) is 4.69. The van der Waals surface area contributed by atoms with Gasteiger partial charge < -0.3 is 10.2 Å². The molecule has 2 rings (SSSR count). The van der Waals surface area contributed by atoms with Crippen molar-refractivity contribution < 1.29 is 22.9 Å². The highest BCUT2D eigenvalue weighted by Gasteiger charge is 2.32. The molecule has 1 heterocycles. The summed E-state index contributed by atoms with van der Waals surface area (Å²) in [5.74, 6) is -1.13. The molecule has 148 valence electrons. The van der Waals surface area contributed by atoms with Crippen molar-refractivity contribution in [2.24, 2.45) is 0 Å². The second kappa shape index (κ2) is 8.94. The number of likely N-dealkylation sites (tertiary alicyclic amines) is 1. The minimum Gasteiger partial charge on any atom is -0.358 e. The van der Waals surface area contributed by atoms with Gasteiger partial charge in [-0.05, 0) is 24.8 Å². The number of hydrogen-bond donors (Lipinski definition) is 1. The molecular weight excluding hydrogens is 374 g/mol. The van der Waals surface area contributed by atoms with Gasteiger partial charge in [0.1, 0.15) is 5.75 Å². The zero-order valence-electron chi connectivity index (χ0n) is 15.1. The van der Waals surface area contributed by atoms with Gasteiger partial charge >= 0.3 is 0 Å². The van der Waals surface area contributed by atoms with Crippen molar-refractivity contribution in [1.29, 1.82) is 0 Å². The van der Waals surface area contributed by atoms with Crippen molar-refractivity contribution in [2.75, 3.05) is 25.9 Å². The summed E-state index contributed by atoms with van der Waals surface area (Å²) >= 11 is 0. The maximum atomic E-state index is 12.3. The highest BCUT2D eigenvalue weighted by Crippen LogP contribution is 2.20. The predicted molar refractivity (Wildman–Crippen MR) is 98.9 cm³/mol. The summed E-state index contributed by atoms with van der Waals surface area (Å²) in [7, 11) is -2.12. The number of sulfone groups is 1. The molecule has 0 aliphatic carbocycles. The van der Waals surface area contributed by atoms with Gasteiger partial charge in [0, 0.05) is 38.7 Å². The van der Waals surface area contributed by atoms with Crippen molar-refractivity contribution in [2.45, 2.75) is 30.9 Å². The molecule has 27 heavy (non-hydrogen) atoms. The first-order chi connectivity index (χ1) is 12.7. The van der Waals surface area contributed by atoms with E-state index in [0.717, 1.165) is 5.56 Å². The van der Waals surface area contributed by atoms with Crippen LogP contribution in [0.5, 0.6) is 0 Å². The van der Waals surface area contributed by atoms with Crippen LogP contribution in [0.25, 0.3) is 0 Å². The zero-order chi connectivity index (χ0) is 20.0. The number of aryl methyl sites for hydroxylation is 1. The van der Waals surface area contributed by atoms with Crippen LogP contribution in [0.4, 0.5) is 5.69 Å². The van der Waals surface area contributed by atoms with Crippen molar-refractivity contribution >= 4 is 27.3 Å². The molecule has 1 N–H and O–H groups in total. The van der Waals surface area contributed by atoms with E-state index >= 15 is 0 Å². The maximum Gasteiger partial charge on any atom is 0.269 e. The Morgan fingerprint density at radius 1 is 1.22 bits per heavy atom. The monoisotopic (exact) mass is 397 g/mol. The smallest absolute Gasteiger partial charge is 0.269 e. The van der Waals surface area contributed by atoms with E-state index in [-0.39, 0.29) is 18.0 Å². The topological polar surface area (TPSA) is 127 Å². The molecule has 0 spiro atoms. The molecule has 1 saturated heterocycles. The summed E-state index contributed by atoms with van der Waals surface area (Å²) in [5.41, 5.74) is 0.835. The number of nitrogens with zero attached hydrogens (tertiary/aromatic N) is 2. The van der Waals surface area contributed by atoms with Crippen molar-refractivity contribution in [3.63, 3.8) is 0 Å². The third-order valence-corrected chi connectivity index (χ3v) is 6.84. The Hall–Kier alpha value is -2.49. The Labute approximate surface area is 157 Å². The lowest BCUT2D eigenvalue weighted by Crippen LogP contribution is -2.44. The van der Waals surface area contributed by atoms with E-state index in [1.165, 1.54) is 19.2 Å². The SMILES string of the molecule is CNC(=O)CS(=O)(=O)C1CCN(C(=O)CCc2ccc([N+](=O)[O-])cc2)CC1. The van der Waals surface area contributed by atoms with Gasteiger partial charge in [-0.2, -0.15) is 0 Å². The van der Waals surface area contributed by atoms with Gasteiger partial charge in [-0.1, -0.05) is 12.1 Å². The number of amides is 2. The standard InChI is InChI=1S/C17H23N3O6S/c1-18-16(21)12-27(25,26)15-8-10-19(11-9-15)17(22)7-4-13-2-5-14(6-3-13)20(23)24/h2-3,5-6,15H,4,7-12H2,1H3,(H,18,21). The molecular formula is C17H23N3O6S. The number of hydrogen-bond acceptors (Lipinski definition) is 6. The molecule has 0 bridgehead atoms. The van der Waals surface area contributed by atoms with Crippen molar-refractivity contribution in [3.8, 4) is 0 Å². The van der Waals surface area contributed by atoms with E-state index in [9.17, 15) is 28.1 Å². The number of nitrogens with one attached hydrogen (secondary N) is 1. The van der Waals surface area contributed by atoms with Crippen molar-refractivity contribution in [3.05, 3.63) is 39.9 Å². The van der Waals surface area contributed by atoms with E-state index in [2.05, 4.69) is 5.32 Å². The fraction of sp³-hybridized carbons (Fsp3) is 0.529. The Balaban J connectivity index is 1.82. The van der Waals surface area contributed by atoms with Crippen LogP contribution >= 0.6 is 0 Å². The lowest BCUT2D eigenvalue weighted by atomic mass is 10.1. The Morgan fingerprint density at radius 3 is 2.33 bits per heavy atom. The molecule has 0 aromatic heterocycles. The quantitative estimate of drug-likeness (QED) is 0.532. The molecule has 0 radical (unpaired) electrons. The average molecular weight is 397 g/mol. The van der Waals surface area contributed by atoms with E-state index in [1.807, 2.05) is 0 Å². The predicted octanol–water partition coefficient (Wildman–Crippen LogP) is 0.679. The van der Waals surface area contributed by atoms with Crippen LogP contribution < -0.4 is 5.32 Å². The highest BCUT2D eigenvalue weighted by molar-refractivity contribution is 7.92. The zero-order valence-corrected chi connectivity index (χ0v) is 15.9. The lowest BCUT2D eigenvalue weighted by molar-refractivity contribution is -0.384. The Bertz CT molecular complexity index is 798. The minimum absolute atomic E-state index is 0.00473. The molecule has 1 aromatic carbocycles. The van der Waals surface area contributed by atoms with Gasteiger partial charge in [-0.15, -0.1) is 0 Å². The lowest BCUT2D eigenvalue weighted by Gasteiger charge is -2.31. The normalized spacial score (nSPS) is 15.4. The number of carbonyl (C=O) groups is 2. The number of nitro groups is 1. The van der Waals surface area contributed by atoms with Crippen LogP contribution in [0.15, 0.2) is 24.3 Å². The van der Waals surface area contributed by atoms with Gasteiger partial charge in [-0.25, -0.2) is 8.42 Å². The molecule has 1 aliphatic rings. The molecule has 0 saturated carbocycles. The molecule has 2 amide bonds. The molecule has 9 nitrogen and oxygen atoms in total. The maximum absolute atomic E-state index is 12.3. The van der Waals surface area contributed by atoms with E-state index in [0.29, 0.717) is 32.4 Å². The Kier molecular flexibility index (Phi) is 6.89. The molecule has 1 aliphatic heterocycles.